The van der Waals surface area contributed by atoms with Crippen molar-refractivity contribution in [2.24, 2.45) is 0 Å². The van der Waals surface area contributed by atoms with Crippen molar-refractivity contribution in [2.45, 2.75) is 0 Å². The topological polar surface area (TPSA) is 44.2 Å². The highest BCUT2D eigenvalue weighted by Gasteiger charge is 2.08. The molecule has 17 heavy (non-hydrogen) atoms. The van der Waals surface area contributed by atoms with Gasteiger partial charge in [0.05, 0.1) is 0 Å². The summed E-state index contributed by atoms with van der Waals surface area (Å²) in [6.07, 6.45) is 2.59. The van der Waals surface area contributed by atoms with E-state index < -0.39 is 11.9 Å². The largest absolute Gasteiger partial charge is 0.576 e. The van der Waals surface area contributed by atoms with Gasteiger partial charge in [-0.25, -0.2) is 9.97 Å². The molecule has 86 valence electrons. The Morgan fingerprint density at radius 2 is 1.35 bits per heavy atom. The van der Waals surface area contributed by atoms with Crippen LogP contribution in [0.1, 0.15) is 0 Å². The lowest BCUT2D eigenvalue weighted by atomic mass is 10.3. The van der Waals surface area contributed by atoms with E-state index in [4.69, 9.17) is 9.31 Å². The molecule has 0 bridgehead atoms. The van der Waals surface area contributed by atoms with Crippen molar-refractivity contribution in [1.82, 2.24) is 9.97 Å². The van der Waals surface area contributed by atoms with Crippen molar-refractivity contribution in [3.63, 3.8) is 0 Å². The fraction of sp³-hybridized carbons (Fsp3) is 0. The predicted molar refractivity (Wildman–Crippen MR) is 56.8 cm³/mol. The second-order valence-electron chi connectivity index (χ2n) is 2.99. The summed E-state index contributed by atoms with van der Waals surface area (Å²) in [5, 5.41) is 0. The van der Waals surface area contributed by atoms with E-state index in [9.17, 15) is 8.78 Å². The average Bonchev–Trinajstić information content (AvgIpc) is 2.34. The summed E-state index contributed by atoms with van der Waals surface area (Å²) in [5.41, 5.74) is 0. The summed E-state index contributed by atoms with van der Waals surface area (Å²) in [6, 6.07) is 5.82. The smallest absolute Gasteiger partial charge is 0.525 e. The Bertz CT molecular complexity index is 468. The van der Waals surface area contributed by atoms with Gasteiger partial charge in [0, 0.05) is 12.4 Å². The number of pyridine rings is 2. The summed E-state index contributed by atoms with van der Waals surface area (Å²) >= 11 is 0. The molecule has 0 fully saturated rings. The Kier molecular flexibility index (Phi) is 3.49. The lowest BCUT2D eigenvalue weighted by molar-refractivity contribution is 0.409. The molecule has 7 heteroatoms. The minimum absolute atomic E-state index is 0.0585. The Balaban J connectivity index is 1.93. The molecule has 0 N–H and O–H groups in total. The maximum Gasteiger partial charge on any atom is 0.576 e. The minimum atomic E-state index is -0.747. The predicted octanol–water partition coefficient (Wildman–Crippen LogP) is 1.48. The zero-order valence-electron chi connectivity index (χ0n) is 8.64. The first-order valence-corrected chi connectivity index (χ1v) is 4.74. The van der Waals surface area contributed by atoms with Crippen LogP contribution in [0, 0.1) is 11.9 Å². The number of rotatable bonds is 4. The zero-order chi connectivity index (χ0) is 12.1. The molecule has 2 heterocycles. The maximum atomic E-state index is 13.0. The van der Waals surface area contributed by atoms with Gasteiger partial charge in [-0.3, -0.25) is 0 Å². The minimum Gasteiger partial charge on any atom is -0.525 e. The van der Waals surface area contributed by atoms with Gasteiger partial charge in [-0.05, 0) is 24.3 Å². The molecule has 2 aromatic heterocycles. The van der Waals surface area contributed by atoms with Crippen LogP contribution in [0.5, 0.6) is 11.5 Å². The van der Waals surface area contributed by atoms with Crippen LogP contribution in [0.2, 0.25) is 0 Å². The van der Waals surface area contributed by atoms with Crippen LogP contribution in [0.25, 0.3) is 0 Å². The first-order chi connectivity index (χ1) is 8.27. The van der Waals surface area contributed by atoms with Crippen LogP contribution < -0.4 is 9.31 Å². The molecule has 4 nitrogen and oxygen atoms in total. The summed E-state index contributed by atoms with van der Waals surface area (Å²) < 4.78 is 35.9. The van der Waals surface area contributed by atoms with Gasteiger partial charge in [0.25, 0.3) is 11.9 Å². The molecule has 0 amide bonds. The summed E-state index contributed by atoms with van der Waals surface area (Å²) in [4.78, 5) is 6.78. The van der Waals surface area contributed by atoms with Gasteiger partial charge in [-0.2, -0.15) is 8.78 Å². The van der Waals surface area contributed by atoms with E-state index in [1.165, 1.54) is 36.7 Å². The molecule has 0 radical (unpaired) electrons. The van der Waals surface area contributed by atoms with Gasteiger partial charge in [0.15, 0.2) is 11.5 Å². The summed E-state index contributed by atoms with van der Waals surface area (Å²) in [5.74, 6) is -1.61. The molecule has 0 aliphatic heterocycles. The Morgan fingerprint density at radius 1 is 0.882 bits per heavy atom. The van der Waals surface area contributed by atoms with Crippen molar-refractivity contribution in [3.05, 3.63) is 48.6 Å². The van der Waals surface area contributed by atoms with E-state index >= 15 is 0 Å². The van der Waals surface area contributed by atoms with Crippen LogP contribution in [0.3, 0.4) is 0 Å². The first-order valence-electron chi connectivity index (χ1n) is 4.74. The molecular weight excluding hydrogens is 229 g/mol. The lowest BCUT2D eigenvalue weighted by Gasteiger charge is -2.07. The molecular formula is C10H7BF2N2O2. The third-order valence-corrected chi connectivity index (χ3v) is 1.88. The number of hydrogen-bond acceptors (Lipinski definition) is 4. The summed E-state index contributed by atoms with van der Waals surface area (Å²) in [7, 11) is -0.328. The van der Waals surface area contributed by atoms with Gasteiger partial charge in [0.2, 0.25) is 0 Å². The van der Waals surface area contributed by atoms with Crippen molar-refractivity contribution in [3.8, 4) is 11.5 Å². The maximum absolute atomic E-state index is 13.0. The Morgan fingerprint density at radius 3 is 1.76 bits per heavy atom. The average molecular weight is 236 g/mol. The molecule has 0 saturated heterocycles. The second-order valence-corrected chi connectivity index (χ2v) is 2.99. The lowest BCUT2D eigenvalue weighted by Crippen LogP contribution is -2.13. The van der Waals surface area contributed by atoms with E-state index in [1.807, 2.05) is 0 Å². The molecule has 0 aromatic carbocycles. The highest BCUT2D eigenvalue weighted by atomic mass is 19.1. The standard InChI is InChI=1S/C10H7BF2N2O2/c12-9-7(3-1-5-14-9)16-11-17-8-4-2-6-15-10(8)13/h1-6,11H. The summed E-state index contributed by atoms with van der Waals surface area (Å²) in [6.45, 7) is 0. The SMILES string of the molecule is Fc1ncccc1OBOc1cccnc1F. The van der Waals surface area contributed by atoms with Crippen LogP contribution in [-0.4, -0.2) is 17.7 Å². The second kappa shape index (κ2) is 5.24. The van der Waals surface area contributed by atoms with Gasteiger partial charge in [-0.15, -0.1) is 0 Å². The zero-order valence-corrected chi connectivity index (χ0v) is 8.64. The fourth-order valence-electron chi connectivity index (χ4n) is 1.11. The highest BCUT2D eigenvalue weighted by Crippen LogP contribution is 2.15. The van der Waals surface area contributed by atoms with E-state index in [0.717, 1.165) is 0 Å². The van der Waals surface area contributed by atoms with Crippen molar-refractivity contribution in [2.75, 3.05) is 0 Å². The van der Waals surface area contributed by atoms with Crippen LogP contribution in [-0.2, 0) is 0 Å². The van der Waals surface area contributed by atoms with Crippen molar-refractivity contribution >= 4 is 7.69 Å². The van der Waals surface area contributed by atoms with Crippen LogP contribution >= 0.6 is 0 Å². The van der Waals surface area contributed by atoms with E-state index in [1.54, 1.807) is 0 Å². The first kappa shape index (κ1) is 11.3. The fourth-order valence-corrected chi connectivity index (χ4v) is 1.11. The quantitative estimate of drug-likeness (QED) is 0.595. The number of hydrogen-bond donors (Lipinski definition) is 0. The molecule has 0 saturated carbocycles. The number of aromatic nitrogens is 2. The number of nitrogens with zero attached hydrogens (tertiary/aromatic N) is 2. The molecule has 0 atom stereocenters. The van der Waals surface area contributed by atoms with Crippen molar-refractivity contribution < 1.29 is 18.1 Å². The normalized spacial score (nSPS) is 9.76. The van der Waals surface area contributed by atoms with Gasteiger partial charge in [-0.1, -0.05) is 0 Å². The monoisotopic (exact) mass is 236 g/mol. The van der Waals surface area contributed by atoms with Gasteiger partial charge >= 0.3 is 7.69 Å². The molecule has 0 aliphatic carbocycles. The van der Waals surface area contributed by atoms with Gasteiger partial charge in [0.1, 0.15) is 0 Å². The number of halogens is 2. The van der Waals surface area contributed by atoms with Crippen molar-refractivity contribution in [1.29, 1.82) is 0 Å². The van der Waals surface area contributed by atoms with Gasteiger partial charge < -0.3 is 9.31 Å². The Labute approximate surface area is 96.5 Å². The molecule has 2 aromatic rings. The third kappa shape index (κ3) is 2.90. The molecule has 0 aliphatic rings. The van der Waals surface area contributed by atoms with E-state index in [0.29, 0.717) is 0 Å². The van der Waals surface area contributed by atoms with Crippen LogP contribution in [0.4, 0.5) is 8.78 Å². The third-order valence-electron chi connectivity index (χ3n) is 1.88. The Hall–Kier alpha value is -2.18. The van der Waals surface area contributed by atoms with Crippen LogP contribution in [0.15, 0.2) is 36.7 Å². The molecule has 0 unspecified atom stereocenters. The highest BCUT2D eigenvalue weighted by molar-refractivity contribution is 6.20. The molecule has 0 spiro atoms. The molecule has 2 rings (SSSR count). The van der Waals surface area contributed by atoms with E-state index in [-0.39, 0.29) is 19.2 Å². The van der Waals surface area contributed by atoms with E-state index in [2.05, 4.69) is 9.97 Å².